The molecule has 0 radical (unpaired) electrons. The van der Waals surface area contributed by atoms with E-state index in [4.69, 9.17) is 0 Å². The number of hydrogen-bond donors (Lipinski definition) is 2. The number of halogens is 1. The van der Waals surface area contributed by atoms with E-state index in [1.165, 1.54) is 6.07 Å². The maximum atomic E-state index is 13.7. The highest BCUT2D eigenvalue weighted by atomic mass is 19.1. The van der Waals surface area contributed by atoms with Gasteiger partial charge in [0.05, 0.1) is 5.69 Å². The van der Waals surface area contributed by atoms with E-state index >= 15 is 0 Å². The van der Waals surface area contributed by atoms with Crippen molar-refractivity contribution in [2.45, 2.75) is 0 Å². The molecule has 0 saturated heterocycles. The zero-order chi connectivity index (χ0) is 14.5. The molecule has 0 aliphatic heterocycles. The zero-order valence-corrected chi connectivity index (χ0v) is 11.4. The van der Waals surface area contributed by atoms with Crippen molar-refractivity contribution in [1.29, 1.82) is 0 Å². The fraction of sp³-hybridized carbons (Fsp3) is 0.133. The van der Waals surface area contributed by atoms with Crippen LogP contribution < -0.4 is 15.5 Å². The van der Waals surface area contributed by atoms with E-state index in [1.54, 1.807) is 24.3 Å². The number of amides is 2. The maximum Gasteiger partial charge on any atom is 0.323 e. The summed E-state index contributed by atoms with van der Waals surface area (Å²) in [6.45, 7) is 0. The minimum atomic E-state index is -0.481. The van der Waals surface area contributed by atoms with Gasteiger partial charge in [-0.05, 0) is 30.3 Å². The number of rotatable bonds is 3. The molecule has 2 aromatic rings. The van der Waals surface area contributed by atoms with E-state index in [0.717, 1.165) is 5.69 Å². The van der Waals surface area contributed by atoms with Crippen molar-refractivity contribution in [2.24, 2.45) is 0 Å². The molecule has 20 heavy (non-hydrogen) atoms. The Morgan fingerprint density at radius 1 is 1.05 bits per heavy atom. The SMILES string of the molecule is CN(C)c1ccc(F)c(NC(=O)Nc2ccccc2)c1. The van der Waals surface area contributed by atoms with Gasteiger partial charge in [0, 0.05) is 25.5 Å². The average molecular weight is 273 g/mol. The van der Waals surface area contributed by atoms with E-state index in [9.17, 15) is 9.18 Å². The summed E-state index contributed by atoms with van der Waals surface area (Å²) >= 11 is 0. The van der Waals surface area contributed by atoms with Crippen LogP contribution in [0.2, 0.25) is 0 Å². The second-order valence-electron chi connectivity index (χ2n) is 4.50. The van der Waals surface area contributed by atoms with Crippen LogP contribution in [0.1, 0.15) is 0 Å². The third-order valence-electron chi connectivity index (χ3n) is 2.75. The van der Waals surface area contributed by atoms with Crippen LogP contribution in [-0.2, 0) is 0 Å². The second kappa shape index (κ2) is 6.06. The van der Waals surface area contributed by atoms with E-state index in [-0.39, 0.29) is 5.69 Å². The standard InChI is InChI=1S/C15H16FN3O/c1-19(2)12-8-9-13(16)14(10-12)18-15(20)17-11-6-4-3-5-7-11/h3-10H,1-2H3,(H2,17,18,20). The Morgan fingerprint density at radius 2 is 1.75 bits per heavy atom. The monoisotopic (exact) mass is 273 g/mol. The van der Waals surface area contributed by atoms with Gasteiger partial charge in [-0.3, -0.25) is 0 Å². The molecule has 0 atom stereocenters. The number of hydrogen-bond acceptors (Lipinski definition) is 2. The number of nitrogens with one attached hydrogen (secondary N) is 2. The molecular weight excluding hydrogens is 257 g/mol. The van der Waals surface area contributed by atoms with Gasteiger partial charge in [0.25, 0.3) is 0 Å². The lowest BCUT2D eigenvalue weighted by molar-refractivity contribution is 0.262. The van der Waals surface area contributed by atoms with Crippen LogP contribution in [0.3, 0.4) is 0 Å². The predicted octanol–water partition coefficient (Wildman–Crippen LogP) is 3.54. The Balaban J connectivity index is 2.09. The number of para-hydroxylation sites is 1. The minimum absolute atomic E-state index is 0.143. The molecule has 0 unspecified atom stereocenters. The molecule has 4 nitrogen and oxygen atoms in total. The highest BCUT2D eigenvalue weighted by molar-refractivity contribution is 6.00. The molecule has 2 N–H and O–H groups in total. The molecule has 0 aliphatic rings. The summed E-state index contributed by atoms with van der Waals surface area (Å²) in [6, 6.07) is 13.1. The van der Waals surface area contributed by atoms with E-state index in [1.807, 2.05) is 37.2 Å². The molecule has 2 aromatic carbocycles. The first-order valence-electron chi connectivity index (χ1n) is 6.16. The van der Waals surface area contributed by atoms with E-state index < -0.39 is 11.8 Å². The first-order valence-corrected chi connectivity index (χ1v) is 6.16. The van der Waals surface area contributed by atoms with Gasteiger partial charge >= 0.3 is 6.03 Å². The summed E-state index contributed by atoms with van der Waals surface area (Å²) < 4.78 is 13.7. The Bertz CT molecular complexity index is 599. The number of anilines is 3. The van der Waals surface area contributed by atoms with Crippen molar-refractivity contribution < 1.29 is 9.18 Å². The van der Waals surface area contributed by atoms with Crippen LogP contribution >= 0.6 is 0 Å². The summed E-state index contributed by atoms with van der Waals surface area (Å²) in [4.78, 5) is 13.6. The largest absolute Gasteiger partial charge is 0.378 e. The number of carbonyl (C=O) groups is 1. The van der Waals surface area contributed by atoms with Crippen molar-refractivity contribution >= 4 is 23.1 Å². The topological polar surface area (TPSA) is 44.4 Å². The molecule has 0 saturated carbocycles. The molecule has 5 heteroatoms. The Morgan fingerprint density at radius 3 is 2.40 bits per heavy atom. The summed E-state index contributed by atoms with van der Waals surface area (Å²) in [6.07, 6.45) is 0. The summed E-state index contributed by atoms with van der Waals surface area (Å²) in [5.74, 6) is -0.473. The van der Waals surface area contributed by atoms with Crippen LogP contribution in [0, 0.1) is 5.82 Å². The van der Waals surface area contributed by atoms with E-state index in [0.29, 0.717) is 5.69 Å². The lowest BCUT2D eigenvalue weighted by Gasteiger charge is -2.15. The summed E-state index contributed by atoms with van der Waals surface area (Å²) in [5, 5.41) is 5.14. The van der Waals surface area contributed by atoms with Crippen molar-refractivity contribution in [3.63, 3.8) is 0 Å². The molecule has 0 bridgehead atoms. The maximum absolute atomic E-state index is 13.7. The Hall–Kier alpha value is -2.56. The smallest absolute Gasteiger partial charge is 0.323 e. The zero-order valence-electron chi connectivity index (χ0n) is 11.4. The van der Waals surface area contributed by atoms with Gasteiger partial charge in [-0.1, -0.05) is 18.2 Å². The highest BCUT2D eigenvalue weighted by Crippen LogP contribution is 2.21. The Labute approximate surface area is 117 Å². The molecule has 0 heterocycles. The molecule has 2 rings (SSSR count). The molecular formula is C15H16FN3O. The number of carbonyl (C=O) groups excluding carboxylic acids is 1. The molecule has 0 spiro atoms. The van der Waals surface area contributed by atoms with Crippen molar-refractivity contribution in [2.75, 3.05) is 29.6 Å². The van der Waals surface area contributed by atoms with Gasteiger partial charge < -0.3 is 15.5 Å². The molecule has 0 fully saturated rings. The van der Waals surface area contributed by atoms with Crippen molar-refractivity contribution in [1.82, 2.24) is 0 Å². The highest BCUT2D eigenvalue weighted by Gasteiger charge is 2.08. The molecule has 104 valence electrons. The van der Waals surface area contributed by atoms with Gasteiger partial charge in [0.15, 0.2) is 0 Å². The number of nitrogens with zero attached hydrogens (tertiary/aromatic N) is 1. The van der Waals surface area contributed by atoms with Gasteiger partial charge in [-0.2, -0.15) is 0 Å². The fourth-order valence-electron chi connectivity index (χ4n) is 1.69. The van der Waals surface area contributed by atoms with Gasteiger partial charge in [-0.15, -0.1) is 0 Å². The Kier molecular flexibility index (Phi) is 4.20. The number of benzene rings is 2. The number of urea groups is 1. The predicted molar refractivity (Wildman–Crippen MR) is 79.8 cm³/mol. The van der Waals surface area contributed by atoms with Crippen LogP contribution in [0.5, 0.6) is 0 Å². The quantitative estimate of drug-likeness (QED) is 0.898. The molecule has 2 amide bonds. The van der Waals surface area contributed by atoms with Crippen LogP contribution in [0.4, 0.5) is 26.2 Å². The van der Waals surface area contributed by atoms with Crippen molar-refractivity contribution in [3.05, 3.63) is 54.3 Å². The van der Waals surface area contributed by atoms with Crippen LogP contribution in [0.15, 0.2) is 48.5 Å². The minimum Gasteiger partial charge on any atom is -0.378 e. The lowest BCUT2D eigenvalue weighted by Crippen LogP contribution is -2.20. The normalized spacial score (nSPS) is 9.95. The first kappa shape index (κ1) is 13.9. The summed E-state index contributed by atoms with van der Waals surface area (Å²) in [5.41, 5.74) is 1.60. The van der Waals surface area contributed by atoms with E-state index in [2.05, 4.69) is 10.6 Å². The average Bonchev–Trinajstić information content (AvgIpc) is 2.42. The summed E-state index contributed by atoms with van der Waals surface area (Å²) in [7, 11) is 3.70. The second-order valence-corrected chi connectivity index (χ2v) is 4.50. The molecule has 0 aromatic heterocycles. The fourth-order valence-corrected chi connectivity index (χ4v) is 1.69. The van der Waals surface area contributed by atoms with Gasteiger partial charge in [0.2, 0.25) is 0 Å². The first-order chi connectivity index (χ1) is 9.56. The van der Waals surface area contributed by atoms with Crippen LogP contribution in [0.25, 0.3) is 0 Å². The van der Waals surface area contributed by atoms with Crippen LogP contribution in [-0.4, -0.2) is 20.1 Å². The van der Waals surface area contributed by atoms with Gasteiger partial charge in [0.1, 0.15) is 5.82 Å². The molecule has 0 aliphatic carbocycles. The van der Waals surface area contributed by atoms with Gasteiger partial charge in [-0.25, -0.2) is 9.18 Å². The van der Waals surface area contributed by atoms with Crippen molar-refractivity contribution in [3.8, 4) is 0 Å². The third-order valence-corrected chi connectivity index (χ3v) is 2.75. The lowest BCUT2D eigenvalue weighted by atomic mass is 10.2. The third kappa shape index (κ3) is 3.47.